The number of aliphatic hydroxyl groups is 1. The Morgan fingerprint density at radius 1 is 1.24 bits per heavy atom. The molecule has 1 saturated heterocycles. The van der Waals surface area contributed by atoms with Crippen LogP contribution in [0.25, 0.3) is 0 Å². The van der Waals surface area contributed by atoms with Gasteiger partial charge in [-0.3, -0.25) is 9.69 Å². The van der Waals surface area contributed by atoms with Gasteiger partial charge in [-0.1, -0.05) is 6.42 Å². The number of nitrogens with one attached hydrogen (secondary N) is 1. The van der Waals surface area contributed by atoms with E-state index in [0.29, 0.717) is 32.3 Å². The molecule has 1 unspecified atom stereocenters. The summed E-state index contributed by atoms with van der Waals surface area (Å²) < 4.78 is 11.0. The Morgan fingerprint density at radius 2 is 1.96 bits per heavy atom. The minimum absolute atomic E-state index is 0.0140. The number of nitrogens with zero attached hydrogens (tertiary/aromatic N) is 1. The summed E-state index contributed by atoms with van der Waals surface area (Å²) >= 11 is 0. The van der Waals surface area contributed by atoms with Crippen molar-refractivity contribution in [3.05, 3.63) is 24.3 Å². The smallest absolute Gasteiger partial charge is 0.234 e. The highest BCUT2D eigenvalue weighted by Crippen LogP contribution is 2.19. The number of likely N-dealkylation sites (tertiary alicyclic amines) is 1. The van der Waals surface area contributed by atoms with Gasteiger partial charge in [0, 0.05) is 12.6 Å². The van der Waals surface area contributed by atoms with E-state index in [9.17, 15) is 4.79 Å². The second-order valence-electron chi connectivity index (χ2n) is 6.24. The Balaban J connectivity index is 1.64. The molecule has 6 nitrogen and oxygen atoms in total. The molecule has 2 N–H and O–H groups in total. The van der Waals surface area contributed by atoms with E-state index in [2.05, 4.69) is 10.2 Å². The SMILES string of the molecule is CCOc1ccc(OCCNC(=O)CN2CCCCC2CCO)cc1. The average Bonchev–Trinajstić information content (AvgIpc) is 2.62. The standard InChI is InChI=1S/C19H30N2O4/c1-2-24-17-6-8-18(9-7-17)25-14-11-20-19(23)15-21-12-4-3-5-16(21)10-13-22/h6-9,16,22H,2-5,10-15H2,1H3,(H,20,23). The predicted molar refractivity (Wildman–Crippen MR) is 97.0 cm³/mol. The van der Waals surface area contributed by atoms with Gasteiger partial charge in [0.15, 0.2) is 0 Å². The summed E-state index contributed by atoms with van der Waals surface area (Å²) in [6, 6.07) is 7.79. The molecule has 0 bridgehead atoms. The number of benzene rings is 1. The van der Waals surface area contributed by atoms with Gasteiger partial charge in [-0.15, -0.1) is 0 Å². The highest BCUT2D eigenvalue weighted by atomic mass is 16.5. The lowest BCUT2D eigenvalue weighted by atomic mass is 10.00. The highest BCUT2D eigenvalue weighted by Gasteiger charge is 2.23. The van der Waals surface area contributed by atoms with Gasteiger partial charge in [0.25, 0.3) is 0 Å². The number of aliphatic hydroxyl groups excluding tert-OH is 1. The van der Waals surface area contributed by atoms with Gasteiger partial charge in [0.1, 0.15) is 18.1 Å². The molecule has 1 heterocycles. The lowest BCUT2D eigenvalue weighted by Crippen LogP contribution is -2.46. The lowest BCUT2D eigenvalue weighted by Gasteiger charge is -2.34. The van der Waals surface area contributed by atoms with Crippen molar-refractivity contribution in [2.75, 3.05) is 39.5 Å². The molecular formula is C19H30N2O4. The zero-order chi connectivity index (χ0) is 17.9. The van der Waals surface area contributed by atoms with Crippen molar-refractivity contribution >= 4 is 5.91 Å². The van der Waals surface area contributed by atoms with Crippen molar-refractivity contribution in [3.63, 3.8) is 0 Å². The van der Waals surface area contributed by atoms with Crippen LogP contribution in [-0.2, 0) is 4.79 Å². The third-order valence-electron chi connectivity index (χ3n) is 4.39. The number of hydrogen-bond acceptors (Lipinski definition) is 5. The fourth-order valence-electron chi connectivity index (χ4n) is 3.14. The van der Waals surface area contributed by atoms with Gasteiger partial charge in [0.2, 0.25) is 5.91 Å². The van der Waals surface area contributed by atoms with Crippen molar-refractivity contribution in [1.29, 1.82) is 0 Å². The fraction of sp³-hybridized carbons (Fsp3) is 0.632. The Morgan fingerprint density at radius 3 is 2.64 bits per heavy atom. The average molecular weight is 350 g/mol. The van der Waals surface area contributed by atoms with Crippen LogP contribution in [0.2, 0.25) is 0 Å². The Labute approximate surface area is 150 Å². The molecule has 1 fully saturated rings. The van der Waals surface area contributed by atoms with Crippen LogP contribution in [0.4, 0.5) is 0 Å². The summed E-state index contributed by atoms with van der Waals surface area (Å²) in [5.74, 6) is 1.60. The largest absolute Gasteiger partial charge is 0.494 e. The number of amides is 1. The maximum Gasteiger partial charge on any atom is 0.234 e. The summed E-state index contributed by atoms with van der Waals surface area (Å²) in [7, 11) is 0. The first-order valence-electron chi connectivity index (χ1n) is 9.20. The quantitative estimate of drug-likeness (QED) is 0.630. The molecule has 0 radical (unpaired) electrons. The van der Waals surface area contributed by atoms with Crippen molar-refractivity contribution < 1.29 is 19.4 Å². The van der Waals surface area contributed by atoms with E-state index in [1.54, 1.807) is 0 Å². The van der Waals surface area contributed by atoms with Crippen LogP contribution >= 0.6 is 0 Å². The highest BCUT2D eigenvalue weighted by molar-refractivity contribution is 5.78. The molecular weight excluding hydrogens is 320 g/mol. The summed E-state index contributed by atoms with van der Waals surface area (Å²) in [4.78, 5) is 14.3. The van der Waals surface area contributed by atoms with Crippen LogP contribution in [0.5, 0.6) is 11.5 Å². The van der Waals surface area contributed by atoms with Gasteiger partial charge in [-0.2, -0.15) is 0 Å². The molecule has 1 amide bonds. The first kappa shape index (κ1) is 19.5. The van der Waals surface area contributed by atoms with Gasteiger partial charge in [-0.05, 0) is 57.0 Å². The molecule has 1 aromatic rings. The molecule has 25 heavy (non-hydrogen) atoms. The van der Waals surface area contributed by atoms with Gasteiger partial charge < -0.3 is 19.9 Å². The fourth-order valence-corrected chi connectivity index (χ4v) is 3.14. The minimum Gasteiger partial charge on any atom is -0.494 e. The van der Waals surface area contributed by atoms with Crippen LogP contribution in [-0.4, -0.2) is 61.4 Å². The van der Waals surface area contributed by atoms with E-state index in [-0.39, 0.29) is 12.5 Å². The van der Waals surface area contributed by atoms with Crippen molar-refractivity contribution in [3.8, 4) is 11.5 Å². The number of piperidine rings is 1. The second kappa shape index (κ2) is 10.9. The summed E-state index contributed by atoms with van der Waals surface area (Å²) in [5.41, 5.74) is 0. The first-order valence-corrected chi connectivity index (χ1v) is 9.20. The number of ether oxygens (including phenoxy) is 2. The molecule has 0 aliphatic carbocycles. The van der Waals surface area contributed by atoms with E-state index in [1.807, 2.05) is 31.2 Å². The molecule has 2 rings (SSSR count). The van der Waals surface area contributed by atoms with Gasteiger partial charge in [-0.25, -0.2) is 0 Å². The van der Waals surface area contributed by atoms with E-state index in [1.165, 1.54) is 6.42 Å². The molecule has 0 saturated carbocycles. The molecule has 1 aliphatic heterocycles. The van der Waals surface area contributed by atoms with E-state index in [4.69, 9.17) is 14.6 Å². The van der Waals surface area contributed by atoms with Crippen molar-refractivity contribution in [1.82, 2.24) is 10.2 Å². The van der Waals surface area contributed by atoms with E-state index < -0.39 is 0 Å². The third kappa shape index (κ3) is 6.92. The maximum atomic E-state index is 12.1. The zero-order valence-electron chi connectivity index (χ0n) is 15.1. The Bertz CT molecular complexity index is 505. The normalized spacial score (nSPS) is 17.9. The zero-order valence-corrected chi connectivity index (χ0v) is 15.1. The Hall–Kier alpha value is -1.79. The van der Waals surface area contributed by atoms with E-state index in [0.717, 1.165) is 37.3 Å². The topological polar surface area (TPSA) is 71.0 Å². The Kier molecular flexibility index (Phi) is 8.55. The summed E-state index contributed by atoms with van der Waals surface area (Å²) in [6.45, 7) is 5.00. The van der Waals surface area contributed by atoms with Crippen LogP contribution in [0, 0.1) is 0 Å². The molecule has 1 atom stereocenters. The van der Waals surface area contributed by atoms with Crippen LogP contribution < -0.4 is 14.8 Å². The molecule has 0 spiro atoms. The monoisotopic (exact) mass is 350 g/mol. The summed E-state index contributed by atoms with van der Waals surface area (Å²) in [6.07, 6.45) is 4.11. The second-order valence-corrected chi connectivity index (χ2v) is 6.24. The molecule has 0 aromatic heterocycles. The maximum absolute atomic E-state index is 12.1. The van der Waals surface area contributed by atoms with Gasteiger partial charge >= 0.3 is 0 Å². The van der Waals surface area contributed by atoms with Crippen LogP contribution in [0.1, 0.15) is 32.6 Å². The van der Waals surface area contributed by atoms with Crippen LogP contribution in [0.15, 0.2) is 24.3 Å². The molecule has 140 valence electrons. The predicted octanol–water partition coefficient (Wildman–Crippen LogP) is 1.82. The van der Waals surface area contributed by atoms with Crippen LogP contribution in [0.3, 0.4) is 0 Å². The summed E-state index contributed by atoms with van der Waals surface area (Å²) in [5, 5.41) is 12.0. The van der Waals surface area contributed by atoms with Crippen molar-refractivity contribution in [2.45, 2.75) is 38.6 Å². The lowest BCUT2D eigenvalue weighted by molar-refractivity contribution is -0.123. The first-order chi connectivity index (χ1) is 12.2. The van der Waals surface area contributed by atoms with Gasteiger partial charge in [0.05, 0.1) is 19.7 Å². The number of rotatable bonds is 10. The van der Waals surface area contributed by atoms with Crippen molar-refractivity contribution in [2.24, 2.45) is 0 Å². The van der Waals surface area contributed by atoms with E-state index >= 15 is 0 Å². The molecule has 1 aliphatic rings. The number of hydrogen-bond donors (Lipinski definition) is 2. The number of carbonyl (C=O) groups is 1. The molecule has 1 aromatic carbocycles. The molecule has 6 heteroatoms. The minimum atomic E-state index is 0.0140. The third-order valence-corrected chi connectivity index (χ3v) is 4.39. The number of carbonyl (C=O) groups excluding carboxylic acids is 1.